The number of benzene rings is 6. The van der Waals surface area contributed by atoms with Crippen LogP contribution in [0, 0.1) is 0 Å². The molecule has 1 spiro atoms. The van der Waals surface area contributed by atoms with Gasteiger partial charge in [-0.25, -0.2) is 0 Å². The number of hydrogen-bond acceptors (Lipinski definition) is 4. The lowest BCUT2D eigenvalue weighted by Crippen LogP contribution is -2.50. The van der Waals surface area contributed by atoms with Crippen LogP contribution >= 0.6 is 0 Å². The fourth-order valence-corrected chi connectivity index (χ4v) is 10.7. The first-order valence-electron chi connectivity index (χ1n) is 22.6. The molecule has 9 rings (SSSR count). The SMILES string of the molecule is CCCc1cc(C(O)(c2ccccc2)c2ccccc2)c2c3c1OCCCCOc1c(CCC)cc(C(O)(c4ccccc4)c4ccccc4)c(c1-3)C[N+]1(CCCCC1)C2. The van der Waals surface area contributed by atoms with Gasteiger partial charge in [0, 0.05) is 33.4 Å². The molecular weight excluding hydrogens is 739 g/mol. The van der Waals surface area contributed by atoms with Crippen LogP contribution in [-0.4, -0.2) is 41.0 Å². The molecule has 6 aromatic carbocycles. The maximum atomic E-state index is 13.9. The van der Waals surface area contributed by atoms with E-state index in [1.807, 2.05) is 72.8 Å². The maximum Gasteiger partial charge on any atom is 0.141 e. The van der Waals surface area contributed by atoms with Crippen LogP contribution in [0.25, 0.3) is 11.1 Å². The van der Waals surface area contributed by atoms with E-state index >= 15 is 0 Å². The van der Waals surface area contributed by atoms with E-state index in [0.29, 0.717) is 13.2 Å². The minimum absolute atomic E-state index is 0.581. The van der Waals surface area contributed by atoms with E-state index < -0.39 is 11.2 Å². The van der Waals surface area contributed by atoms with Crippen LogP contribution < -0.4 is 9.47 Å². The second-order valence-corrected chi connectivity index (χ2v) is 17.5. The molecule has 60 heavy (non-hydrogen) atoms. The van der Waals surface area contributed by atoms with Crippen LogP contribution in [0.2, 0.25) is 0 Å². The van der Waals surface area contributed by atoms with Crippen molar-refractivity contribution in [2.75, 3.05) is 26.3 Å². The molecule has 0 bridgehead atoms. The fourth-order valence-electron chi connectivity index (χ4n) is 10.7. The van der Waals surface area contributed by atoms with Crippen molar-refractivity contribution in [2.45, 2.75) is 95.9 Å². The van der Waals surface area contributed by atoms with Crippen LogP contribution in [0.5, 0.6) is 11.5 Å². The maximum absolute atomic E-state index is 13.9. The van der Waals surface area contributed by atoms with Gasteiger partial charge in [-0.2, -0.15) is 0 Å². The smallest absolute Gasteiger partial charge is 0.141 e. The van der Waals surface area contributed by atoms with E-state index in [4.69, 9.17) is 9.47 Å². The summed E-state index contributed by atoms with van der Waals surface area (Å²) < 4.78 is 15.2. The fraction of sp³-hybridized carbons (Fsp3) is 0.345. The molecule has 0 saturated carbocycles. The highest BCUT2D eigenvalue weighted by molar-refractivity contribution is 5.87. The normalized spacial score (nSPS) is 16.3. The molecule has 0 radical (unpaired) electrons. The Kier molecular flexibility index (Phi) is 11.4. The predicted octanol–water partition coefficient (Wildman–Crippen LogP) is 11.4. The third-order valence-corrected chi connectivity index (χ3v) is 13.5. The molecule has 3 aliphatic rings. The Morgan fingerprint density at radius 3 is 1.17 bits per heavy atom. The monoisotopic (exact) mass is 798 g/mol. The minimum Gasteiger partial charge on any atom is -0.493 e. The van der Waals surface area contributed by atoms with Gasteiger partial charge in [-0.3, -0.25) is 0 Å². The number of rotatable bonds is 10. The van der Waals surface area contributed by atoms with Gasteiger partial charge in [-0.1, -0.05) is 148 Å². The van der Waals surface area contributed by atoms with E-state index in [0.717, 1.165) is 160 Å². The first-order chi connectivity index (χ1) is 29.4. The zero-order valence-electron chi connectivity index (χ0n) is 35.5. The molecule has 0 amide bonds. The molecule has 1 fully saturated rings. The summed E-state index contributed by atoms with van der Waals surface area (Å²) in [6.07, 6.45) is 8.62. The standard InChI is InChI=1S/C55H60NO4/c1-3-22-40-36-48(54(57,42-24-10-5-11-25-42)43-26-12-6-13-27-43)46-38-56(32-18-9-19-33-56)39-47-49(55(58,44-28-14-7-15-29-44)45-30-16-8-17-31-45)37-41(23-4-2)53-51(47)50(46)52(40)59-34-20-21-35-60-53/h5-8,10-17,24-31,36-37,57-58H,3-4,9,18-23,32-35,38-39H2,1-2H3/q+1. The molecule has 0 aliphatic carbocycles. The van der Waals surface area contributed by atoms with Gasteiger partial charge < -0.3 is 24.2 Å². The summed E-state index contributed by atoms with van der Waals surface area (Å²) in [5.41, 5.74) is 8.76. The van der Waals surface area contributed by atoms with Crippen LogP contribution in [0.4, 0.5) is 0 Å². The lowest BCUT2D eigenvalue weighted by atomic mass is 9.73. The molecule has 5 heteroatoms. The molecule has 5 nitrogen and oxygen atoms in total. The van der Waals surface area contributed by atoms with Gasteiger partial charge in [-0.15, -0.1) is 0 Å². The quantitative estimate of drug-likeness (QED) is 0.107. The van der Waals surface area contributed by atoms with E-state index in [9.17, 15) is 10.2 Å². The van der Waals surface area contributed by atoms with Crippen molar-refractivity contribution in [1.29, 1.82) is 0 Å². The lowest BCUT2D eigenvalue weighted by Gasteiger charge is -2.43. The zero-order valence-corrected chi connectivity index (χ0v) is 35.5. The minimum atomic E-state index is -1.46. The van der Waals surface area contributed by atoms with Crippen molar-refractivity contribution in [2.24, 2.45) is 0 Å². The van der Waals surface area contributed by atoms with Crippen molar-refractivity contribution < 1.29 is 24.2 Å². The number of quaternary nitrogens is 1. The topological polar surface area (TPSA) is 58.9 Å². The molecule has 1 saturated heterocycles. The Hall–Kier alpha value is -5.20. The predicted molar refractivity (Wildman–Crippen MR) is 241 cm³/mol. The van der Waals surface area contributed by atoms with Crippen molar-refractivity contribution in [3.8, 4) is 22.6 Å². The number of nitrogens with zero attached hydrogens (tertiary/aromatic N) is 1. The Bertz CT molecular complexity index is 2160. The molecule has 0 unspecified atom stereocenters. The van der Waals surface area contributed by atoms with Crippen molar-refractivity contribution >= 4 is 0 Å². The van der Waals surface area contributed by atoms with Gasteiger partial charge in [0.2, 0.25) is 0 Å². The zero-order chi connectivity index (χ0) is 41.2. The first kappa shape index (κ1) is 40.2. The van der Waals surface area contributed by atoms with Gasteiger partial charge in [0.25, 0.3) is 0 Å². The molecule has 2 N–H and O–H groups in total. The average Bonchev–Trinajstić information content (AvgIpc) is 3.44. The Balaban J connectivity index is 1.50. The third-order valence-electron chi connectivity index (χ3n) is 13.5. The van der Waals surface area contributed by atoms with Crippen LogP contribution in [0.15, 0.2) is 133 Å². The number of aryl methyl sites for hydroxylation is 2. The van der Waals surface area contributed by atoms with E-state index in [-0.39, 0.29) is 0 Å². The summed E-state index contributed by atoms with van der Waals surface area (Å²) >= 11 is 0. The molecule has 0 atom stereocenters. The second-order valence-electron chi connectivity index (χ2n) is 17.5. The Labute approximate surface area is 356 Å². The highest BCUT2D eigenvalue weighted by atomic mass is 16.5. The highest BCUT2D eigenvalue weighted by Gasteiger charge is 2.48. The lowest BCUT2D eigenvalue weighted by molar-refractivity contribution is -0.957. The Morgan fingerprint density at radius 2 is 0.833 bits per heavy atom. The van der Waals surface area contributed by atoms with Crippen molar-refractivity contribution in [1.82, 2.24) is 0 Å². The summed E-state index contributed by atoms with van der Waals surface area (Å²) in [4.78, 5) is 0. The molecule has 3 aliphatic heterocycles. The summed E-state index contributed by atoms with van der Waals surface area (Å²) in [6.45, 7) is 9.07. The van der Waals surface area contributed by atoms with E-state index in [2.05, 4.69) is 74.5 Å². The summed E-state index contributed by atoms with van der Waals surface area (Å²) in [6, 6.07) is 45.6. The number of hydrogen-bond donors (Lipinski definition) is 2. The molecule has 6 aromatic rings. The summed E-state index contributed by atoms with van der Waals surface area (Å²) in [5.74, 6) is 1.82. The van der Waals surface area contributed by atoms with Gasteiger partial charge in [0.1, 0.15) is 35.8 Å². The molecule has 308 valence electrons. The number of piperidine rings is 1. The van der Waals surface area contributed by atoms with Gasteiger partial charge in [0.15, 0.2) is 0 Å². The summed E-state index contributed by atoms with van der Waals surface area (Å²) in [7, 11) is 0. The van der Waals surface area contributed by atoms with Gasteiger partial charge in [0.05, 0.1) is 26.3 Å². The first-order valence-corrected chi connectivity index (χ1v) is 22.6. The molecular formula is C55H60NO4+. The Morgan fingerprint density at radius 1 is 0.483 bits per heavy atom. The largest absolute Gasteiger partial charge is 0.493 e. The number of aliphatic hydroxyl groups is 2. The van der Waals surface area contributed by atoms with Gasteiger partial charge in [-0.05, 0) is 90.5 Å². The molecule has 3 heterocycles. The summed E-state index contributed by atoms with van der Waals surface area (Å²) in [5, 5.41) is 27.8. The van der Waals surface area contributed by atoms with E-state index in [1.165, 1.54) is 6.42 Å². The van der Waals surface area contributed by atoms with Crippen molar-refractivity contribution in [3.63, 3.8) is 0 Å². The highest BCUT2D eigenvalue weighted by Crippen LogP contribution is 2.56. The molecule has 0 aromatic heterocycles. The van der Waals surface area contributed by atoms with Gasteiger partial charge >= 0.3 is 0 Å². The second kappa shape index (κ2) is 17.0. The van der Waals surface area contributed by atoms with Crippen LogP contribution in [-0.2, 0) is 37.1 Å². The third kappa shape index (κ3) is 7.05. The number of ether oxygens (including phenoxy) is 2. The van der Waals surface area contributed by atoms with Crippen LogP contribution in [0.3, 0.4) is 0 Å². The van der Waals surface area contributed by atoms with E-state index in [1.54, 1.807) is 0 Å². The van der Waals surface area contributed by atoms with Crippen molar-refractivity contribution in [3.05, 3.63) is 189 Å². The van der Waals surface area contributed by atoms with Crippen LogP contribution in [0.1, 0.15) is 114 Å². The average molecular weight is 799 g/mol.